The monoisotopic (exact) mass is 350 g/mol. The van der Waals surface area contributed by atoms with E-state index < -0.39 is 0 Å². The number of thiophene rings is 1. The number of hydrogen-bond acceptors (Lipinski definition) is 2. The van der Waals surface area contributed by atoms with Crippen molar-refractivity contribution in [1.29, 1.82) is 0 Å². The molecule has 2 rings (SSSR count). The first kappa shape index (κ1) is 13.2. The Kier molecular flexibility index (Phi) is 4.36. The number of halogens is 3. The summed E-state index contributed by atoms with van der Waals surface area (Å²) in [7, 11) is 1.63. The van der Waals surface area contributed by atoms with E-state index >= 15 is 0 Å². The standard InChI is InChI=1S/C12H9BrCl2OS/c1-16-10-6-7(13)2-3-8(10)11(15)12-9(14)4-5-17-12/h2-6,11H,1H3. The highest BCUT2D eigenvalue weighted by Crippen LogP contribution is 2.41. The average Bonchev–Trinajstić information content (AvgIpc) is 2.74. The van der Waals surface area contributed by atoms with Gasteiger partial charge >= 0.3 is 0 Å². The van der Waals surface area contributed by atoms with Crippen LogP contribution >= 0.6 is 50.5 Å². The van der Waals surface area contributed by atoms with Crippen molar-refractivity contribution in [2.24, 2.45) is 0 Å². The summed E-state index contributed by atoms with van der Waals surface area (Å²) in [6.07, 6.45) is 0. The van der Waals surface area contributed by atoms with Gasteiger partial charge in [0.1, 0.15) is 5.75 Å². The summed E-state index contributed by atoms with van der Waals surface area (Å²) < 4.78 is 6.29. The highest BCUT2D eigenvalue weighted by molar-refractivity contribution is 9.10. The van der Waals surface area contributed by atoms with Crippen LogP contribution in [0.2, 0.25) is 5.02 Å². The Bertz CT molecular complexity index is 527. The fourth-order valence-corrected chi connectivity index (χ4v) is 3.53. The van der Waals surface area contributed by atoms with Crippen LogP contribution in [0.4, 0.5) is 0 Å². The summed E-state index contributed by atoms with van der Waals surface area (Å²) in [5, 5.41) is 2.34. The molecule has 1 nitrogen and oxygen atoms in total. The smallest absolute Gasteiger partial charge is 0.125 e. The van der Waals surface area contributed by atoms with Gasteiger partial charge in [0.25, 0.3) is 0 Å². The SMILES string of the molecule is COc1cc(Br)ccc1C(Cl)c1sccc1Cl. The first-order valence-electron chi connectivity index (χ1n) is 4.84. The molecule has 1 heterocycles. The minimum atomic E-state index is -0.287. The van der Waals surface area contributed by atoms with Crippen LogP contribution in [0.25, 0.3) is 0 Å². The maximum Gasteiger partial charge on any atom is 0.125 e. The Morgan fingerprint density at radius 2 is 2.12 bits per heavy atom. The second-order valence-electron chi connectivity index (χ2n) is 3.38. The van der Waals surface area contributed by atoms with Gasteiger partial charge in [0.2, 0.25) is 0 Å². The van der Waals surface area contributed by atoms with Crippen LogP contribution in [0, 0.1) is 0 Å². The van der Waals surface area contributed by atoms with Crippen molar-refractivity contribution in [2.75, 3.05) is 7.11 Å². The molecule has 0 aliphatic carbocycles. The molecule has 0 N–H and O–H groups in total. The summed E-state index contributed by atoms with van der Waals surface area (Å²) in [6.45, 7) is 0. The minimum Gasteiger partial charge on any atom is -0.496 e. The average molecular weight is 352 g/mol. The number of alkyl halides is 1. The molecule has 90 valence electrons. The third kappa shape index (κ3) is 2.79. The first-order valence-corrected chi connectivity index (χ1v) is 7.32. The lowest BCUT2D eigenvalue weighted by Gasteiger charge is -2.13. The molecule has 0 amide bonds. The van der Waals surface area contributed by atoms with Crippen molar-refractivity contribution in [1.82, 2.24) is 0 Å². The second kappa shape index (κ2) is 5.61. The molecule has 0 bridgehead atoms. The maximum absolute atomic E-state index is 6.45. The van der Waals surface area contributed by atoms with Crippen molar-refractivity contribution in [3.63, 3.8) is 0 Å². The molecule has 0 aliphatic rings. The van der Waals surface area contributed by atoms with E-state index in [-0.39, 0.29) is 5.38 Å². The highest BCUT2D eigenvalue weighted by atomic mass is 79.9. The van der Waals surface area contributed by atoms with Crippen LogP contribution in [0.15, 0.2) is 34.1 Å². The Labute approximate surface area is 122 Å². The Hall–Kier alpha value is -0.220. The van der Waals surface area contributed by atoms with E-state index in [0.29, 0.717) is 5.02 Å². The molecule has 5 heteroatoms. The van der Waals surface area contributed by atoms with Crippen molar-refractivity contribution in [2.45, 2.75) is 5.38 Å². The zero-order valence-corrected chi connectivity index (χ0v) is 12.8. The molecule has 0 saturated carbocycles. The van der Waals surface area contributed by atoms with E-state index in [1.165, 1.54) is 0 Å². The molecule has 1 aromatic heterocycles. The number of benzene rings is 1. The van der Waals surface area contributed by atoms with Crippen LogP contribution in [0.5, 0.6) is 5.75 Å². The molecular formula is C12H9BrCl2OS. The lowest BCUT2D eigenvalue weighted by molar-refractivity contribution is 0.410. The topological polar surface area (TPSA) is 9.23 Å². The highest BCUT2D eigenvalue weighted by Gasteiger charge is 2.19. The van der Waals surface area contributed by atoms with E-state index in [2.05, 4.69) is 15.9 Å². The summed E-state index contributed by atoms with van der Waals surface area (Å²) in [5.74, 6) is 0.754. The third-order valence-electron chi connectivity index (χ3n) is 2.34. The third-order valence-corrected chi connectivity index (χ3v) is 4.84. The van der Waals surface area contributed by atoms with E-state index in [9.17, 15) is 0 Å². The number of methoxy groups -OCH3 is 1. The molecule has 1 aromatic carbocycles. The van der Waals surface area contributed by atoms with Gasteiger partial charge < -0.3 is 4.74 Å². The van der Waals surface area contributed by atoms with Crippen LogP contribution in [-0.4, -0.2) is 7.11 Å². The van der Waals surface area contributed by atoms with Gasteiger partial charge in [-0.25, -0.2) is 0 Å². The Morgan fingerprint density at radius 3 is 2.71 bits per heavy atom. The van der Waals surface area contributed by atoms with Gasteiger partial charge in [-0.2, -0.15) is 0 Å². The molecule has 2 aromatic rings. The quantitative estimate of drug-likeness (QED) is 0.663. The van der Waals surface area contributed by atoms with Gasteiger partial charge in [0.15, 0.2) is 0 Å². The van der Waals surface area contributed by atoms with Crippen molar-refractivity contribution in [3.05, 3.63) is 49.6 Å². The van der Waals surface area contributed by atoms with Crippen LogP contribution in [0.3, 0.4) is 0 Å². The van der Waals surface area contributed by atoms with Crippen LogP contribution in [0.1, 0.15) is 15.8 Å². The molecule has 1 unspecified atom stereocenters. The van der Waals surface area contributed by atoms with Crippen LogP contribution < -0.4 is 4.74 Å². The van der Waals surface area contributed by atoms with Crippen LogP contribution in [-0.2, 0) is 0 Å². The first-order chi connectivity index (χ1) is 8.13. The van der Waals surface area contributed by atoms with Gasteiger partial charge in [0.05, 0.1) is 17.5 Å². The Balaban J connectivity index is 2.44. The Morgan fingerprint density at radius 1 is 1.35 bits per heavy atom. The van der Waals surface area contributed by atoms with Gasteiger partial charge in [-0.15, -0.1) is 22.9 Å². The van der Waals surface area contributed by atoms with Crippen molar-refractivity contribution in [3.8, 4) is 5.75 Å². The summed E-state index contributed by atoms with van der Waals surface area (Å²) in [5.41, 5.74) is 0.918. The predicted molar refractivity (Wildman–Crippen MR) is 77.7 cm³/mol. The molecule has 1 atom stereocenters. The maximum atomic E-state index is 6.45. The summed E-state index contributed by atoms with van der Waals surface area (Å²) in [6, 6.07) is 7.62. The molecule has 0 fully saturated rings. The summed E-state index contributed by atoms with van der Waals surface area (Å²) in [4.78, 5) is 0.939. The van der Waals surface area contributed by atoms with Gasteiger partial charge in [-0.05, 0) is 23.6 Å². The zero-order valence-electron chi connectivity index (χ0n) is 8.91. The number of rotatable bonds is 3. The second-order valence-corrected chi connectivity index (χ2v) is 6.09. The van der Waals surface area contributed by atoms with E-state index in [4.69, 9.17) is 27.9 Å². The number of ether oxygens (including phenoxy) is 1. The minimum absolute atomic E-state index is 0.287. The fraction of sp³-hybridized carbons (Fsp3) is 0.167. The number of hydrogen-bond donors (Lipinski definition) is 0. The van der Waals surface area contributed by atoms with Crippen molar-refractivity contribution < 1.29 is 4.74 Å². The molecule has 0 aliphatic heterocycles. The van der Waals surface area contributed by atoms with E-state index in [1.807, 2.05) is 29.6 Å². The lowest BCUT2D eigenvalue weighted by Crippen LogP contribution is -1.96. The van der Waals surface area contributed by atoms with Gasteiger partial charge in [-0.3, -0.25) is 0 Å². The molecule has 0 saturated heterocycles. The zero-order chi connectivity index (χ0) is 12.4. The van der Waals surface area contributed by atoms with E-state index in [1.54, 1.807) is 18.4 Å². The lowest BCUT2D eigenvalue weighted by atomic mass is 10.1. The molecule has 0 spiro atoms. The predicted octanol–water partition coefficient (Wildman–Crippen LogP) is 5.50. The molecule has 0 radical (unpaired) electrons. The van der Waals surface area contributed by atoms with Gasteiger partial charge in [0, 0.05) is 14.9 Å². The largest absolute Gasteiger partial charge is 0.496 e. The van der Waals surface area contributed by atoms with E-state index in [0.717, 1.165) is 20.7 Å². The molecule has 17 heavy (non-hydrogen) atoms. The molecular weight excluding hydrogens is 343 g/mol. The van der Waals surface area contributed by atoms with Gasteiger partial charge in [-0.1, -0.05) is 33.6 Å². The summed E-state index contributed by atoms with van der Waals surface area (Å²) >= 11 is 17.5. The normalized spacial score (nSPS) is 12.5. The van der Waals surface area contributed by atoms with Crippen molar-refractivity contribution >= 4 is 50.5 Å². The fourth-order valence-electron chi connectivity index (χ4n) is 1.52.